The van der Waals surface area contributed by atoms with E-state index in [4.69, 9.17) is 4.74 Å². The zero-order chi connectivity index (χ0) is 15.3. The number of aromatic nitrogens is 1. The highest BCUT2D eigenvalue weighted by Gasteiger charge is 2.39. The zero-order valence-corrected chi connectivity index (χ0v) is 13.1. The van der Waals surface area contributed by atoms with Crippen LogP contribution in [-0.2, 0) is 0 Å². The number of aromatic amines is 1. The third-order valence-corrected chi connectivity index (χ3v) is 5.42. The van der Waals surface area contributed by atoms with Crippen molar-refractivity contribution in [3.63, 3.8) is 0 Å². The lowest BCUT2D eigenvalue weighted by molar-refractivity contribution is 0.0658. The summed E-state index contributed by atoms with van der Waals surface area (Å²) in [5.41, 5.74) is 1.000. The number of pyridine rings is 1. The minimum atomic E-state index is -0.0375. The van der Waals surface area contributed by atoms with Crippen LogP contribution in [0.4, 0.5) is 0 Å². The van der Waals surface area contributed by atoms with Gasteiger partial charge >= 0.3 is 0 Å². The third-order valence-electron chi connectivity index (χ3n) is 5.42. The molecule has 2 aliphatic heterocycles. The number of benzene rings is 1. The average molecular weight is 298 g/mol. The van der Waals surface area contributed by atoms with Crippen LogP contribution in [0.3, 0.4) is 0 Å². The van der Waals surface area contributed by atoms with Crippen LogP contribution in [0.2, 0.25) is 0 Å². The zero-order valence-electron chi connectivity index (χ0n) is 13.1. The summed E-state index contributed by atoms with van der Waals surface area (Å²) in [6, 6.07) is 7.23. The summed E-state index contributed by atoms with van der Waals surface area (Å²) in [5, 5.41) is 1.68. The fourth-order valence-corrected chi connectivity index (χ4v) is 4.09. The van der Waals surface area contributed by atoms with Gasteiger partial charge in [-0.3, -0.25) is 4.79 Å². The average Bonchev–Trinajstić information content (AvgIpc) is 2.72. The molecule has 0 aliphatic carbocycles. The molecule has 2 aliphatic rings. The molecule has 4 nitrogen and oxygen atoms in total. The number of fused-ring (bicyclic) bond motifs is 3. The highest BCUT2D eigenvalue weighted by molar-refractivity contribution is 5.83. The maximum Gasteiger partial charge on any atom is 0.255 e. The van der Waals surface area contributed by atoms with Crippen molar-refractivity contribution in [3.8, 4) is 5.75 Å². The second-order valence-corrected chi connectivity index (χ2v) is 6.77. The van der Waals surface area contributed by atoms with E-state index in [1.54, 1.807) is 6.20 Å². The van der Waals surface area contributed by atoms with Crippen molar-refractivity contribution < 1.29 is 4.74 Å². The second-order valence-electron chi connectivity index (χ2n) is 6.77. The van der Waals surface area contributed by atoms with Crippen molar-refractivity contribution in [1.82, 2.24) is 9.88 Å². The maximum absolute atomic E-state index is 11.9. The summed E-state index contributed by atoms with van der Waals surface area (Å²) in [5.74, 6) is 0.923. The van der Waals surface area contributed by atoms with Crippen molar-refractivity contribution in [2.45, 2.75) is 50.8 Å². The van der Waals surface area contributed by atoms with E-state index >= 15 is 0 Å². The van der Waals surface area contributed by atoms with Gasteiger partial charge in [0.1, 0.15) is 11.9 Å². The molecule has 0 saturated carbocycles. The monoisotopic (exact) mass is 298 g/mol. The summed E-state index contributed by atoms with van der Waals surface area (Å²) in [7, 11) is 2.24. The van der Waals surface area contributed by atoms with Crippen molar-refractivity contribution in [2.75, 3.05) is 7.05 Å². The van der Waals surface area contributed by atoms with Gasteiger partial charge in [-0.1, -0.05) is 0 Å². The Bertz CT molecular complexity index is 753. The molecule has 2 fully saturated rings. The SMILES string of the molecule is Cc1cc2c(=O)[nH]ccc2cc1OC1C[C@H]2CC[C@@H](C1)N2C. The first-order valence-electron chi connectivity index (χ1n) is 8.12. The van der Waals surface area contributed by atoms with Gasteiger partial charge in [0.2, 0.25) is 0 Å². The van der Waals surface area contributed by atoms with Crippen LogP contribution in [0, 0.1) is 6.92 Å². The van der Waals surface area contributed by atoms with Crippen molar-refractivity contribution in [1.29, 1.82) is 0 Å². The molecule has 2 bridgehead atoms. The van der Waals surface area contributed by atoms with Crippen LogP contribution in [0.15, 0.2) is 29.2 Å². The predicted molar refractivity (Wildman–Crippen MR) is 87.5 cm³/mol. The van der Waals surface area contributed by atoms with Gasteiger partial charge in [-0.25, -0.2) is 0 Å². The molecule has 1 N–H and O–H groups in total. The number of H-pyrrole nitrogens is 1. The smallest absolute Gasteiger partial charge is 0.255 e. The minimum Gasteiger partial charge on any atom is -0.490 e. The molecule has 0 radical (unpaired) electrons. The third kappa shape index (κ3) is 2.22. The lowest BCUT2D eigenvalue weighted by atomic mass is 10.00. The molecular weight excluding hydrogens is 276 g/mol. The van der Waals surface area contributed by atoms with Crippen LogP contribution in [-0.4, -0.2) is 35.1 Å². The van der Waals surface area contributed by atoms with Gasteiger partial charge in [-0.05, 0) is 68.8 Å². The summed E-state index contributed by atoms with van der Waals surface area (Å²) in [4.78, 5) is 17.1. The first-order chi connectivity index (χ1) is 10.6. The fraction of sp³-hybridized carbons (Fsp3) is 0.500. The minimum absolute atomic E-state index is 0.0375. The lowest BCUT2D eigenvalue weighted by Gasteiger charge is -2.36. The first kappa shape index (κ1) is 13.8. The van der Waals surface area contributed by atoms with Crippen LogP contribution in [0.5, 0.6) is 5.75 Å². The van der Waals surface area contributed by atoms with E-state index in [-0.39, 0.29) is 5.56 Å². The van der Waals surface area contributed by atoms with Crippen LogP contribution < -0.4 is 10.3 Å². The van der Waals surface area contributed by atoms with Gasteiger partial charge in [0.05, 0.1) is 0 Å². The van der Waals surface area contributed by atoms with Gasteiger partial charge in [-0.2, -0.15) is 0 Å². The molecular formula is C18H22N2O2. The summed E-state index contributed by atoms with van der Waals surface area (Å²) in [6.07, 6.45) is 6.81. The van der Waals surface area contributed by atoms with Gasteiger partial charge in [-0.15, -0.1) is 0 Å². The topological polar surface area (TPSA) is 45.3 Å². The quantitative estimate of drug-likeness (QED) is 0.927. The van der Waals surface area contributed by atoms with Gasteiger partial charge in [0.15, 0.2) is 0 Å². The fourth-order valence-electron chi connectivity index (χ4n) is 4.09. The molecule has 3 heterocycles. The lowest BCUT2D eigenvalue weighted by Crippen LogP contribution is -2.43. The van der Waals surface area contributed by atoms with Crippen LogP contribution >= 0.6 is 0 Å². The molecule has 116 valence electrons. The molecule has 2 aromatic rings. The number of nitrogens with one attached hydrogen (secondary N) is 1. The number of piperidine rings is 1. The van der Waals surface area contributed by atoms with Crippen molar-refractivity contribution in [3.05, 3.63) is 40.3 Å². The second kappa shape index (κ2) is 5.13. The Kier molecular flexibility index (Phi) is 3.22. The molecule has 0 spiro atoms. The molecule has 4 rings (SSSR count). The summed E-state index contributed by atoms with van der Waals surface area (Å²) in [6.45, 7) is 2.02. The molecule has 1 aromatic carbocycles. The van der Waals surface area contributed by atoms with E-state index < -0.39 is 0 Å². The van der Waals surface area contributed by atoms with E-state index in [0.717, 1.165) is 34.9 Å². The van der Waals surface area contributed by atoms with Gasteiger partial charge in [0.25, 0.3) is 5.56 Å². The largest absolute Gasteiger partial charge is 0.490 e. The molecule has 4 heteroatoms. The summed E-state index contributed by atoms with van der Waals surface area (Å²) >= 11 is 0. The number of rotatable bonds is 2. The highest BCUT2D eigenvalue weighted by Crippen LogP contribution is 2.36. The normalized spacial score (nSPS) is 28.2. The molecule has 0 amide bonds. The van der Waals surface area contributed by atoms with E-state index in [1.165, 1.54) is 12.8 Å². The van der Waals surface area contributed by atoms with Gasteiger partial charge in [0, 0.05) is 23.7 Å². The van der Waals surface area contributed by atoms with E-state index in [1.807, 2.05) is 25.1 Å². The van der Waals surface area contributed by atoms with E-state index in [2.05, 4.69) is 16.9 Å². The number of aryl methyl sites for hydroxylation is 1. The number of hydrogen-bond donors (Lipinski definition) is 1. The van der Waals surface area contributed by atoms with E-state index in [9.17, 15) is 4.79 Å². The van der Waals surface area contributed by atoms with Crippen molar-refractivity contribution in [2.24, 2.45) is 0 Å². The Hall–Kier alpha value is -1.81. The number of hydrogen-bond acceptors (Lipinski definition) is 3. The molecule has 22 heavy (non-hydrogen) atoms. The summed E-state index contributed by atoms with van der Waals surface area (Å²) < 4.78 is 6.32. The Morgan fingerprint density at radius 1 is 1.23 bits per heavy atom. The first-order valence-corrected chi connectivity index (χ1v) is 8.12. The molecule has 3 atom stereocenters. The molecule has 2 saturated heterocycles. The molecule has 1 aromatic heterocycles. The van der Waals surface area contributed by atoms with E-state index in [0.29, 0.717) is 18.2 Å². The Morgan fingerprint density at radius 3 is 2.68 bits per heavy atom. The molecule has 1 unspecified atom stereocenters. The highest BCUT2D eigenvalue weighted by atomic mass is 16.5. The van der Waals surface area contributed by atoms with Gasteiger partial charge < -0.3 is 14.6 Å². The van der Waals surface area contributed by atoms with Crippen LogP contribution in [0.25, 0.3) is 10.8 Å². The predicted octanol–water partition coefficient (Wildman–Crippen LogP) is 2.84. The number of nitrogens with zero attached hydrogens (tertiary/aromatic N) is 1. The maximum atomic E-state index is 11.9. The Labute approximate surface area is 130 Å². The number of ether oxygens (including phenoxy) is 1. The standard InChI is InChI=1S/C18H22N2O2/c1-11-7-16-12(5-6-19-18(16)21)8-17(11)22-15-9-13-3-4-14(10-15)20(13)2/h5-8,13-15H,3-4,9-10H2,1-2H3,(H,19,21)/t13-,14+,15?. The van der Waals surface area contributed by atoms with Crippen LogP contribution in [0.1, 0.15) is 31.2 Å². The Morgan fingerprint density at radius 2 is 1.95 bits per heavy atom. The Balaban J connectivity index is 1.62. The van der Waals surface area contributed by atoms with Crippen molar-refractivity contribution >= 4 is 10.8 Å².